The van der Waals surface area contributed by atoms with Crippen molar-refractivity contribution >= 4 is 0 Å². The molecule has 0 spiro atoms. The van der Waals surface area contributed by atoms with E-state index < -0.39 is 0 Å². The van der Waals surface area contributed by atoms with Crippen LogP contribution in [-0.2, 0) is 0 Å². The summed E-state index contributed by atoms with van der Waals surface area (Å²) in [7, 11) is 2.19. The zero-order valence-electron chi connectivity index (χ0n) is 9.38. The highest BCUT2D eigenvalue weighted by Crippen LogP contribution is 2.52. The van der Waals surface area contributed by atoms with Gasteiger partial charge in [-0.25, -0.2) is 0 Å². The van der Waals surface area contributed by atoms with E-state index in [1.54, 1.807) is 0 Å². The van der Waals surface area contributed by atoms with Gasteiger partial charge in [0.1, 0.15) is 0 Å². The molecule has 80 valence electrons. The summed E-state index contributed by atoms with van der Waals surface area (Å²) < 4.78 is 0. The predicted octanol–water partition coefficient (Wildman–Crippen LogP) is 3.41. The van der Waals surface area contributed by atoms with Gasteiger partial charge in [-0.1, -0.05) is 60.7 Å². The Kier molecular flexibility index (Phi) is 2.26. The smallest absolute Gasteiger partial charge is 0.0549 e. The van der Waals surface area contributed by atoms with Crippen LogP contribution in [0.5, 0.6) is 0 Å². The van der Waals surface area contributed by atoms with Crippen molar-refractivity contribution in [3.05, 3.63) is 71.8 Å². The highest BCUT2D eigenvalue weighted by molar-refractivity contribution is 5.34. The van der Waals surface area contributed by atoms with E-state index in [9.17, 15) is 0 Å². The number of likely N-dealkylation sites (N-methyl/N-ethyl adjacent to an activating group) is 1. The van der Waals surface area contributed by atoms with Gasteiger partial charge in [0.15, 0.2) is 0 Å². The van der Waals surface area contributed by atoms with Crippen molar-refractivity contribution in [1.82, 2.24) is 4.90 Å². The fraction of sp³-hybridized carbons (Fsp3) is 0.200. The van der Waals surface area contributed by atoms with Crippen LogP contribution in [0.3, 0.4) is 0 Å². The van der Waals surface area contributed by atoms with Gasteiger partial charge in [0.05, 0.1) is 12.1 Å². The lowest BCUT2D eigenvalue weighted by Gasteiger charge is -1.97. The summed E-state index contributed by atoms with van der Waals surface area (Å²) in [6.07, 6.45) is 0. The molecule has 1 aliphatic heterocycles. The van der Waals surface area contributed by atoms with Gasteiger partial charge in [0.25, 0.3) is 0 Å². The monoisotopic (exact) mass is 209 g/mol. The molecular formula is C15H15N. The molecule has 1 saturated heterocycles. The average Bonchev–Trinajstić information content (AvgIpc) is 3.03. The molecule has 0 aliphatic carbocycles. The zero-order valence-corrected chi connectivity index (χ0v) is 9.38. The zero-order chi connectivity index (χ0) is 11.0. The van der Waals surface area contributed by atoms with Crippen LogP contribution < -0.4 is 0 Å². The van der Waals surface area contributed by atoms with E-state index in [0.717, 1.165) is 0 Å². The summed E-state index contributed by atoms with van der Waals surface area (Å²) in [6.45, 7) is 0. The summed E-state index contributed by atoms with van der Waals surface area (Å²) in [6, 6.07) is 22.6. The van der Waals surface area contributed by atoms with Crippen LogP contribution in [0.25, 0.3) is 0 Å². The number of hydrogen-bond acceptors (Lipinski definition) is 1. The first-order valence-corrected chi connectivity index (χ1v) is 5.70. The van der Waals surface area contributed by atoms with Crippen LogP contribution in [0.1, 0.15) is 23.2 Å². The minimum absolute atomic E-state index is 0.559. The highest BCUT2D eigenvalue weighted by Gasteiger charge is 2.45. The third-order valence-electron chi connectivity index (χ3n) is 3.37. The molecule has 1 nitrogen and oxygen atoms in total. The minimum Gasteiger partial charge on any atom is -0.289 e. The van der Waals surface area contributed by atoms with Gasteiger partial charge in [0, 0.05) is 0 Å². The van der Waals surface area contributed by atoms with Crippen LogP contribution in [0.2, 0.25) is 0 Å². The molecule has 1 heterocycles. The van der Waals surface area contributed by atoms with Crippen molar-refractivity contribution in [2.45, 2.75) is 12.1 Å². The molecule has 0 bridgehead atoms. The second-order valence-electron chi connectivity index (χ2n) is 4.38. The molecule has 0 amide bonds. The predicted molar refractivity (Wildman–Crippen MR) is 66.1 cm³/mol. The molecule has 1 fully saturated rings. The Hall–Kier alpha value is -1.60. The molecule has 1 heteroatoms. The number of benzene rings is 2. The molecule has 0 saturated carbocycles. The van der Waals surface area contributed by atoms with Crippen molar-refractivity contribution in [3.8, 4) is 0 Å². The fourth-order valence-electron chi connectivity index (χ4n) is 2.47. The van der Waals surface area contributed by atoms with Gasteiger partial charge >= 0.3 is 0 Å². The lowest BCUT2D eigenvalue weighted by molar-refractivity contribution is 0.596. The third kappa shape index (κ3) is 1.54. The molecule has 16 heavy (non-hydrogen) atoms. The Bertz CT molecular complexity index is 418. The second kappa shape index (κ2) is 3.76. The number of hydrogen-bond donors (Lipinski definition) is 0. The van der Waals surface area contributed by atoms with Crippen molar-refractivity contribution in [2.24, 2.45) is 0 Å². The molecule has 3 atom stereocenters. The van der Waals surface area contributed by atoms with Gasteiger partial charge in [-0.05, 0) is 18.2 Å². The molecule has 3 rings (SSSR count). The van der Waals surface area contributed by atoms with E-state index in [1.807, 2.05) is 0 Å². The summed E-state index contributed by atoms with van der Waals surface area (Å²) >= 11 is 0. The minimum atomic E-state index is 0.559. The van der Waals surface area contributed by atoms with E-state index in [0.29, 0.717) is 12.1 Å². The Labute approximate surface area is 96.3 Å². The van der Waals surface area contributed by atoms with Crippen molar-refractivity contribution in [3.63, 3.8) is 0 Å². The maximum atomic E-state index is 2.41. The number of rotatable bonds is 2. The standard InChI is InChI=1S/C15H15N/c1-16-14(12-8-4-2-5-9-12)15(16)13-10-6-3-7-11-13/h2-11,14-15H,1H3/t14-,15+,16?. The Morgan fingerprint density at radius 3 is 1.44 bits per heavy atom. The number of nitrogens with zero attached hydrogens (tertiary/aromatic N) is 1. The largest absolute Gasteiger partial charge is 0.289 e. The SMILES string of the molecule is CN1[C@H](c2ccccc2)[C@@H]1c1ccccc1. The van der Waals surface area contributed by atoms with Gasteiger partial charge in [-0.3, -0.25) is 4.90 Å². The molecule has 0 aromatic heterocycles. The van der Waals surface area contributed by atoms with E-state index in [-0.39, 0.29) is 0 Å². The Morgan fingerprint density at radius 2 is 1.06 bits per heavy atom. The molecule has 0 N–H and O–H groups in total. The van der Waals surface area contributed by atoms with Gasteiger partial charge in [-0.15, -0.1) is 0 Å². The molecule has 0 radical (unpaired) electrons. The quantitative estimate of drug-likeness (QED) is 0.685. The summed E-state index contributed by atoms with van der Waals surface area (Å²) in [5.41, 5.74) is 2.83. The first-order valence-electron chi connectivity index (χ1n) is 5.70. The lowest BCUT2D eigenvalue weighted by Crippen LogP contribution is -1.87. The van der Waals surface area contributed by atoms with E-state index >= 15 is 0 Å². The van der Waals surface area contributed by atoms with Crippen LogP contribution in [0, 0.1) is 0 Å². The molecule has 1 aliphatic rings. The summed E-state index contributed by atoms with van der Waals surface area (Å²) in [5, 5.41) is 0. The van der Waals surface area contributed by atoms with E-state index in [4.69, 9.17) is 0 Å². The molecular weight excluding hydrogens is 194 g/mol. The summed E-state index contributed by atoms with van der Waals surface area (Å²) in [4.78, 5) is 2.41. The maximum Gasteiger partial charge on any atom is 0.0549 e. The first kappa shape index (κ1) is 9.61. The van der Waals surface area contributed by atoms with Gasteiger partial charge < -0.3 is 0 Å². The van der Waals surface area contributed by atoms with E-state index in [2.05, 4.69) is 72.6 Å². The second-order valence-corrected chi connectivity index (χ2v) is 4.38. The highest BCUT2D eigenvalue weighted by atomic mass is 15.3. The molecule has 1 unspecified atom stereocenters. The normalized spacial score (nSPS) is 27.7. The van der Waals surface area contributed by atoms with Crippen molar-refractivity contribution in [1.29, 1.82) is 0 Å². The first-order chi connectivity index (χ1) is 7.88. The summed E-state index contributed by atoms with van der Waals surface area (Å²) in [5.74, 6) is 0. The van der Waals surface area contributed by atoms with E-state index in [1.165, 1.54) is 11.1 Å². The molecule has 2 aromatic rings. The average molecular weight is 209 g/mol. The van der Waals surface area contributed by atoms with Crippen LogP contribution in [0.15, 0.2) is 60.7 Å². The van der Waals surface area contributed by atoms with Crippen LogP contribution in [-0.4, -0.2) is 11.9 Å². The Morgan fingerprint density at radius 1 is 0.688 bits per heavy atom. The molecule has 2 aromatic carbocycles. The third-order valence-corrected chi connectivity index (χ3v) is 3.37. The van der Waals surface area contributed by atoms with Gasteiger partial charge in [-0.2, -0.15) is 0 Å². The van der Waals surface area contributed by atoms with Crippen molar-refractivity contribution in [2.75, 3.05) is 7.05 Å². The van der Waals surface area contributed by atoms with Crippen LogP contribution >= 0.6 is 0 Å². The Balaban J connectivity index is 1.87. The fourth-order valence-corrected chi connectivity index (χ4v) is 2.47. The lowest BCUT2D eigenvalue weighted by atomic mass is 10.0. The topological polar surface area (TPSA) is 3.01 Å². The van der Waals surface area contributed by atoms with Gasteiger partial charge in [0.2, 0.25) is 0 Å². The van der Waals surface area contributed by atoms with Crippen LogP contribution in [0.4, 0.5) is 0 Å². The van der Waals surface area contributed by atoms with Crippen molar-refractivity contribution < 1.29 is 0 Å². The maximum absolute atomic E-state index is 2.41.